The molecule has 7 aromatic rings. The summed E-state index contributed by atoms with van der Waals surface area (Å²) in [6, 6.07) is 40.2. The van der Waals surface area contributed by atoms with Crippen molar-refractivity contribution in [3.63, 3.8) is 0 Å². The van der Waals surface area contributed by atoms with Crippen molar-refractivity contribution in [1.82, 2.24) is 9.13 Å². The van der Waals surface area contributed by atoms with Gasteiger partial charge in [-0.05, 0) is 90.6 Å². The first kappa shape index (κ1) is 23.1. The van der Waals surface area contributed by atoms with E-state index in [0.717, 1.165) is 6.42 Å². The number of nitrogens with zero attached hydrogens (tertiary/aromatic N) is 2. The molecule has 0 N–H and O–H groups in total. The Labute approximate surface area is 234 Å². The highest BCUT2D eigenvalue weighted by molar-refractivity contribution is 6.13. The molecule has 2 heterocycles. The summed E-state index contributed by atoms with van der Waals surface area (Å²) in [7, 11) is 0. The van der Waals surface area contributed by atoms with E-state index in [1.165, 1.54) is 71.7 Å². The van der Waals surface area contributed by atoms with Gasteiger partial charge in [0.1, 0.15) is 0 Å². The molecule has 1 aliphatic rings. The lowest BCUT2D eigenvalue weighted by atomic mass is 10.00. The summed E-state index contributed by atoms with van der Waals surface area (Å²) in [4.78, 5) is 0. The van der Waals surface area contributed by atoms with Crippen LogP contribution < -0.4 is 0 Å². The van der Waals surface area contributed by atoms with Crippen LogP contribution in [-0.2, 0) is 0 Å². The molecule has 0 saturated heterocycles. The fourth-order valence-electron chi connectivity index (χ4n) is 6.60. The number of benzene rings is 5. The Hall–Kier alpha value is -4.82. The number of hydrogen-bond donors (Lipinski definition) is 0. The fraction of sp³-hybridized carbons (Fsp3) is 0.105. The number of allylic oxidation sites excluding steroid dienone is 4. The van der Waals surface area contributed by atoms with E-state index in [1.807, 2.05) is 0 Å². The van der Waals surface area contributed by atoms with E-state index in [1.54, 1.807) is 0 Å². The first-order valence-corrected chi connectivity index (χ1v) is 14.2. The number of para-hydroxylation sites is 2. The molecule has 2 heteroatoms. The molecule has 0 saturated carbocycles. The van der Waals surface area contributed by atoms with Crippen molar-refractivity contribution < 1.29 is 0 Å². The quantitative estimate of drug-likeness (QED) is 0.222. The minimum Gasteiger partial charge on any atom is -0.310 e. The highest BCUT2D eigenvalue weighted by Gasteiger charge is 2.17. The smallest absolute Gasteiger partial charge is 0.0541 e. The second-order valence-electron chi connectivity index (χ2n) is 11.2. The predicted molar refractivity (Wildman–Crippen MR) is 171 cm³/mol. The van der Waals surface area contributed by atoms with Crippen LogP contribution in [0.2, 0.25) is 0 Å². The maximum absolute atomic E-state index is 2.43. The highest BCUT2D eigenvalue weighted by Crippen LogP contribution is 2.38. The number of fused-ring (bicyclic) bond motifs is 6. The summed E-state index contributed by atoms with van der Waals surface area (Å²) in [5, 5.41) is 5.15. The summed E-state index contributed by atoms with van der Waals surface area (Å²) < 4.78 is 4.82. The lowest BCUT2D eigenvalue weighted by Crippen LogP contribution is -2.01. The second kappa shape index (κ2) is 8.86. The maximum Gasteiger partial charge on any atom is 0.0541 e. The van der Waals surface area contributed by atoms with Crippen LogP contribution in [-0.4, -0.2) is 9.13 Å². The van der Waals surface area contributed by atoms with Gasteiger partial charge in [-0.25, -0.2) is 0 Å². The first-order valence-electron chi connectivity index (χ1n) is 14.2. The van der Waals surface area contributed by atoms with E-state index in [4.69, 9.17) is 0 Å². The molecule has 1 atom stereocenters. The van der Waals surface area contributed by atoms with Crippen molar-refractivity contribution in [3.8, 4) is 16.8 Å². The standard InChI is InChI=1S/C38H30N2/c1-25-9-7-11-29(21-25)39-35-15-5-3-13-31(35)33-23-27(17-19-37(33)39)28-18-20-38-34(24-28)32-14-4-6-16-36(32)40(38)30-12-8-10-26(2)22-30/h3-9,11-24,26H,10H2,1-2H3. The first-order chi connectivity index (χ1) is 19.7. The predicted octanol–water partition coefficient (Wildman–Crippen LogP) is 10.3. The van der Waals surface area contributed by atoms with E-state index in [0.29, 0.717) is 5.92 Å². The lowest BCUT2D eigenvalue weighted by Gasteiger charge is -2.15. The third-order valence-corrected chi connectivity index (χ3v) is 8.45. The molecule has 0 aliphatic heterocycles. The zero-order valence-electron chi connectivity index (χ0n) is 22.8. The average Bonchev–Trinajstić information content (AvgIpc) is 3.49. The minimum atomic E-state index is 0.546. The number of aryl methyl sites for hydroxylation is 1. The van der Waals surface area contributed by atoms with Gasteiger partial charge in [0, 0.05) is 32.9 Å². The molecule has 2 aromatic heterocycles. The molecule has 1 unspecified atom stereocenters. The highest BCUT2D eigenvalue weighted by atomic mass is 15.0. The average molecular weight is 515 g/mol. The van der Waals surface area contributed by atoms with Crippen molar-refractivity contribution in [2.75, 3.05) is 0 Å². The SMILES string of the molecule is Cc1cccc(-n2c3ccccc3c3cc(-c4ccc5c(c4)c4ccccc4n5C4=CC(C)CC=C4)ccc32)c1. The number of rotatable bonds is 3. The van der Waals surface area contributed by atoms with Gasteiger partial charge in [-0.15, -0.1) is 0 Å². The molecule has 0 amide bonds. The van der Waals surface area contributed by atoms with Gasteiger partial charge >= 0.3 is 0 Å². The number of aromatic nitrogens is 2. The van der Waals surface area contributed by atoms with Gasteiger partial charge in [-0.3, -0.25) is 0 Å². The molecule has 0 spiro atoms. The largest absolute Gasteiger partial charge is 0.310 e. The van der Waals surface area contributed by atoms with Crippen LogP contribution in [0.15, 0.2) is 127 Å². The minimum absolute atomic E-state index is 0.546. The normalized spacial score (nSPS) is 15.4. The molecule has 0 bridgehead atoms. The van der Waals surface area contributed by atoms with Gasteiger partial charge in [0.05, 0.1) is 22.1 Å². The van der Waals surface area contributed by atoms with Crippen molar-refractivity contribution in [2.24, 2.45) is 5.92 Å². The zero-order valence-corrected chi connectivity index (χ0v) is 22.8. The monoisotopic (exact) mass is 514 g/mol. The molecular weight excluding hydrogens is 484 g/mol. The Morgan fingerprint density at radius 1 is 0.575 bits per heavy atom. The topological polar surface area (TPSA) is 9.86 Å². The van der Waals surface area contributed by atoms with Crippen LogP contribution in [0, 0.1) is 12.8 Å². The van der Waals surface area contributed by atoms with Gasteiger partial charge in [-0.1, -0.05) is 79.7 Å². The molecule has 8 rings (SSSR count). The zero-order chi connectivity index (χ0) is 26.8. The molecule has 192 valence electrons. The fourth-order valence-corrected chi connectivity index (χ4v) is 6.60. The third kappa shape index (κ3) is 3.49. The summed E-state index contributed by atoms with van der Waals surface area (Å²) in [6.45, 7) is 4.45. The van der Waals surface area contributed by atoms with Gasteiger partial charge in [0.15, 0.2) is 0 Å². The van der Waals surface area contributed by atoms with Crippen LogP contribution in [0.5, 0.6) is 0 Å². The van der Waals surface area contributed by atoms with Crippen LogP contribution in [0.4, 0.5) is 0 Å². The Morgan fingerprint density at radius 3 is 1.82 bits per heavy atom. The van der Waals surface area contributed by atoms with Crippen LogP contribution in [0.25, 0.3) is 66.1 Å². The summed E-state index contributed by atoms with van der Waals surface area (Å²) in [5.41, 5.74) is 11.2. The summed E-state index contributed by atoms with van der Waals surface area (Å²) in [6.07, 6.45) is 8.08. The summed E-state index contributed by atoms with van der Waals surface area (Å²) in [5.74, 6) is 0.546. The van der Waals surface area contributed by atoms with E-state index in [2.05, 4.69) is 150 Å². The Kier molecular flexibility index (Phi) is 5.12. The van der Waals surface area contributed by atoms with Crippen LogP contribution in [0.3, 0.4) is 0 Å². The van der Waals surface area contributed by atoms with Gasteiger partial charge in [0.25, 0.3) is 0 Å². The summed E-state index contributed by atoms with van der Waals surface area (Å²) >= 11 is 0. The molecule has 5 aromatic carbocycles. The van der Waals surface area contributed by atoms with Crippen molar-refractivity contribution >= 4 is 49.3 Å². The van der Waals surface area contributed by atoms with E-state index < -0.39 is 0 Å². The molecule has 0 fully saturated rings. The van der Waals surface area contributed by atoms with Crippen molar-refractivity contribution in [1.29, 1.82) is 0 Å². The van der Waals surface area contributed by atoms with Crippen molar-refractivity contribution in [2.45, 2.75) is 20.3 Å². The lowest BCUT2D eigenvalue weighted by molar-refractivity contribution is 0.735. The molecule has 1 aliphatic carbocycles. The van der Waals surface area contributed by atoms with E-state index >= 15 is 0 Å². The Bertz CT molecular complexity index is 2170. The van der Waals surface area contributed by atoms with Gasteiger partial charge in [-0.2, -0.15) is 0 Å². The van der Waals surface area contributed by atoms with Crippen molar-refractivity contribution in [3.05, 3.63) is 133 Å². The molecular formula is C38H30N2. The molecule has 2 nitrogen and oxygen atoms in total. The number of hydrogen-bond acceptors (Lipinski definition) is 0. The third-order valence-electron chi connectivity index (χ3n) is 8.45. The van der Waals surface area contributed by atoms with Crippen LogP contribution >= 0.6 is 0 Å². The molecule has 0 radical (unpaired) electrons. The Balaban J connectivity index is 1.34. The van der Waals surface area contributed by atoms with Crippen LogP contribution in [0.1, 0.15) is 18.9 Å². The van der Waals surface area contributed by atoms with E-state index in [-0.39, 0.29) is 0 Å². The Morgan fingerprint density at radius 2 is 1.18 bits per heavy atom. The second-order valence-corrected chi connectivity index (χ2v) is 11.2. The van der Waals surface area contributed by atoms with Gasteiger partial charge < -0.3 is 9.13 Å². The van der Waals surface area contributed by atoms with Gasteiger partial charge in [0.2, 0.25) is 0 Å². The maximum atomic E-state index is 2.43. The van der Waals surface area contributed by atoms with E-state index in [9.17, 15) is 0 Å². The molecule has 40 heavy (non-hydrogen) atoms.